The van der Waals surface area contributed by atoms with Crippen LogP contribution < -0.4 is 0 Å². The van der Waals surface area contributed by atoms with E-state index in [0.717, 1.165) is 11.6 Å². The first-order valence-corrected chi connectivity index (χ1v) is 3.48. The highest BCUT2D eigenvalue weighted by molar-refractivity contribution is 5.20. The van der Waals surface area contributed by atoms with E-state index in [1.165, 1.54) is 12.2 Å². The third-order valence-electron chi connectivity index (χ3n) is 1.11. The predicted molar refractivity (Wildman–Crippen MR) is 43.8 cm³/mol. The Kier molecular flexibility index (Phi) is 4.40. The molecule has 0 saturated carbocycles. The minimum absolute atomic E-state index is 0.759. The maximum Gasteiger partial charge on any atom is 0.392 e. The molecule has 0 aromatic carbocycles. The van der Waals surface area contributed by atoms with Gasteiger partial charge in [-0.1, -0.05) is 36.5 Å². The number of hydrogen-bond donors (Lipinski definition) is 0. The van der Waals surface area contributed by atoms with E-state index in [2.05, 4.69) is 6.58 Å². The molecule has 0 aliphatic heterocycles. The highest BCUT2D eigenvalue weighted by atomic mass is 19.4. The van der Waals surface area contributed by atoms with E-state index in [0.29, 0.717) is 0 Å². The quantitative estimate of drug-likeness (QED) is 0.576. The molecule has 0 heterocycles. The minimum Gasteiger partial charge on any atom is -0.171 e. The van der Waals surface area contributed by atoms with Crippen molar-refractivity contribution < 1.29 is 13.2 Å². The number of rotatable bonds is 3. The van der Waals surface area contributed by atoms with E-state index in [1.807, 2.05) is 0 Å². The van der Waals surface area contributed by atoms with E-state index in [9.17, 15) is 13.2 Å². The van der Waals surface area contributed by atoms with Crippen LogP contribution in [0, 0.1) is 0 Å². The summed E-state index contributed by atoms with van der Waals surface area (Å²) in [6.07, 6.45) is 0.713. The van der Waals surface area contributed by atoms with Crippen molar-refractivity contribution in [2.45, 2.75) is 19.5 Å². The fourth-order valence-corrected chi connectivity index (χ4v) is 0.620. The Morgan fingerprint density at radius 2 is 2.00 bits per heavy atom. The number of allylic oxidation sites excluding steroid dienone is 5. The lowest BCUT2D eigenvalue weighted by Gasteiger charge is -1.99. The highest BCUT2D eigenvalue weighted by Crippen LogP contribution is 2.19. The van der Waals surface area contributed by atoms with Crippen LogP contribution >= 0.6 is 0 Å². The van der Waals surface area contributed by atoms with Crippen LogP contribution in [0.25, 0.3) is 0 Å². The summed E-state index contributed by atoms with van der Waals surface area (Å²) < 4.78 is 34.8. The van der Waals surface area contributed by atoms with Gasteiger partial charge in [-0.2, -0.15) is 13.2 Å². The Balaban J connectivity index is 3.93. The van der Waals surface area contributed by atoms with Crippen molar-refractivity contribution in [2.75, 3.05) is 0 Å². The molecule has 0 aromatic heterocycles. The van der Waals surface area contributed by atoms with Crippen molar-refractivity contribution in [1.29, 1.82) is 0 Å². The summed E-state index contributed by atoms with van der Waals surface area (Å²) in [5.74, 6) is 0. The number of alkyl halides is 3. The van der Waals surface area contributed by atoms with Crippen molar-refractivity contribution >= 4 is 0 Å². The lowest BCUT2D eigenvalue weighted by atomic mass is 10.2. The first kappa shape index (κ1) is 11.0. The summed E-state index contributed by atoms with van der Waals surface area (Å²) in [7, 11) is 0. The molecular formula is C9H11F3. The summed E-state index contributed by atoms with van der Waals surface area (Å²) in [5.41, 5.74) is 0.759. The lowest BCUT2D eigenvalue weighted by molar-refractivity contribution is -0.125. The minimum atomic E-state index is -4.11. The molecule has 12 heavy (non-hydrogen) atoms. The van der Waals surface area contributed by atoms with Gasteiger partial charge in [0, 0.05) is 0 Å². The summed E-state index contributed by atoms with van der Waals surface area (Å²) in [5, 5.41) is 0. The normalized spacial score (nSPS) is 13.8. The van der Waals surface area contributed by atoms with Crippen molar-refractivity contribution in [3.63, 3.8) is 0 Å². The molecule has 0 aliphatic carbocycles. The Hall–Kier alpha value is -0.990. The molecular weight excluding hydrogens is 165 g/mol. The van der Waals surface area contributed by atoms with Gasteiger partial charge in [-0.25, -0.2) is 0 Å². The molecule has 0 saturated heterocycles. The van der Waals surface area contributed by atoms with E-state index in [-0.39, 0.29) is 0 Å². The van der Waals surface area contributed by atoms with Crippen LogP contribution in [0.1, 0.15) is 13.3 Å². The van der Waals surface area contributed by atoms with E-state index < -0.39 is 12.6 Å². The summed E-state index contributed by atoms with van der Waals surface area (Å²) >= 11 is 0. The van der Waals surface area contributed by atoms with Crippen LogP contribution in [-0.2, 0) is 0 Å². The zero-order chi connectivity index (χ0) is 9.61. The second-order valence-electron chi connectivity index (χ2n) is 2.37. The molecule has 0 radical (unpaired) electrons. The van der Waals surface area contributed by atoms with Crippen molar-refractivity contribution in [3.05, 3.63) is 36.5 Å². The fourth-order valence-electron chi connectivity index (χ4n) is 0.620. The Labute approximate surface area is 70.1 Å². The molecule has 0 aliphatic rings. The molecule has 0 aromatic rings. The molecule has 0 fully saturated rings. The second kappa shape index (κ2) is 4.80. The van der Waals surface area contributed by atoms with Gasteiger partial charge in [0.2, 0.25) is 0 Å². The van der Waals surface area contributed by atoms with Gasteiger partial charge in [0.25, 0.3) is 0 Å². The molecule has 0 unspecified atom stereocenters. The molecule has 0 atom stereocenters. The van der Waals surface area contributed by atoms with Gasteiger partial charge < -0.3 is 0 Å². The summed E-state index contributed by atoms with van der Waals surface area (Å²) in [4.78, 5) is 0. The molecule has 68 valence electrons. The Morgan fingerprint density at radius 3 is 2.42 bits per heavy atom. The van der Waals surface area contributed by atoms with Crippen molar-refractivity contribution in [3.8, 4) is 0 Å². The van der Waals surface area contributed by atoms with E-state index in [1.54, 1.807) is 13.0 Å². The molecule has 0 N–H and O–H groups in total. The predicted octanol–water partition coefficient (Wildman–Crippen LogP) is 3.63. The van der Waals surface area contributed by atoms with Crippen LogP contribution in [0.3, 0.4) is 0 Å². The maximum absolute atomic E-state index is 11.6. The molecule has 0 nitrogen and oxygen atoms in total. The fraction of sp³-hybridized carbons (Fsp3) is 0.333. The molecule has 3 heteroatoms. The van der Waals surface area contributed by atoms with Gasteiger partial charge in [-0.3, -0.25) is 0 Å². The topological polar surface area (TPSA) is 0 Å². The standard InChI is InChI=1S/C9H11F3/c1-3-5-8(2)6-4-7-9(10,11)12/h3-6H,1,7H2,2H3/b6-4-,8-5-. The average Bonchev–Trinajstić information content (AvgIpc) is 1.84. The van der Waals surface area contributed by atoms with Gasteiger partial charge in [0.1, 0.15) is 0 Å². The summed E-state index contributed by atoms with van der Waals surface area (Å²) in [6.45, 7) is 5.14. The first-order chi connectivity index (χ1) is 5.45. The average molecular weight is 176 g/mol. The van der Waals surface area contributed by atoms with Crippen molar-refractivity contribution in [1.82, 2.24) is 0 Å². The van der Waals surface area contributed by atoms with Gasteiger partial charge >= 0.3 is 6.18 Å². The van der Waals surface area contributed by atoms with Gasteiger partial charge in [-0.05, 0) is 6.92 Å². The lowest BCUT2D eigenvalue weighted by Crippen LogP contribution is -2.03. The van der Waals surface area contributed by atoms with E-state index >= 15 is 0 Å². The van der Waals surface area contributed by atoms with Gasteiger partial charge in [-0.15, -0.1) is 0 Å². The van der Waals surface area contributed by atoms with Crippen LogP contribution in [0.15, 0.2) is 36.5 Å². The van der Waals surface area contributed by atoms with E-state index in [4.69, 9.17) is 0 Å². The monoisotopic (exact) mass is 176 g/mol. The molecule has 0 spiro atoms. The first-order valence-electron chi connectivity index (χ1n) is 3.48. The number of halogens is 3. The third-order valence-corrected chi connectivity index (χ3v) is 1.11. The molecule has 0 bridgehead atoms. The zero-order valence-electron chi connectivity index (χ0n) is 6.86. The SMILES string of the molecule is C=C/C=C(C)\C=C/CC(F)(F)F. The van der Waals surface area contributed by atoms with Gasteiger partial charge in [0.15, 0.2) is 0 Å². The summed E-state index contributed by atoms with van der Waals surface area (Å²) in [6, 6.07) is 0. The van der Waals surface area contributed by atoms with Crippen molar-refractivity contribution in [2.24, 2.45) is 0 Å². The molecule has 0 amide bonds. The van der Waals surface area contributed by atoms with Crippen LogP contribution in [0.4, 0.5) is 13.2 Å². The third kappa shape index (κ3) is 7.12. The smallest absolute Gasteiger partial charge is 0.171 e. The number of hydrogen-bond acceptors (Lipinski definition) is 0. The van der Waals surface area contributed by atoms with Crippen LogP contribution in [-0.4, -0.2) is 6.18 Å². The van der Waals surface area contributed by atoms with Gasteiger partial charge in [0.05, 0.1) is 6.42 Å². The Morgan fingerprint density at radius 1 is 1.42 bits per heavy atom. The zero-order valence-corrected chi connectivity index (χ0v) is 6.86. The highest BCUT2D eigenvalue weighted by Gasteiger charge is 2.24. The largest absolute Gasteiger partial charge is 0.392 e. The Bertz CT molecular complexity index is 196. The maximum atomic E-state index is 11.6. The molecule has 0 rings (SSSR count). The second-order valence-corrected chi connectivity index (χ2v) is 2.37. The van der Waals surface area contributed by atoms with Crippen LogP contribution in [0.2, 0.25) is 0 Å². The van der Waals surface area contributed by atoms with Crippen LogP contribution in [0.5, 0.6) is 0 Å².